The normalized spacial score (nSPS) is 12.4. The maximum atomic E-state index is 10.9. The molecule has 0 N–H and O–H groups in total. The summed E-state index contributed by atoms with van der Waals surface area (Å²) in [6.45, 7) is 0.389. The third kappa shape index (κ3) is 1.80. The Labute approximate surface area is 119 Å². The van der Waals surface area contributed by atoms with Gasteiger partial charge in [-0.1, -0.05) is 0 Å². The first-order valence-electron chi connectivity index (χ1n) is 6.38. The summed E-state index contributed by atoms with van der Waals surface area (Å²) in [6, 6.07) is 10.2. The van der Waals surface area contributed by atoms with Crippen LogP contribution in [0.3, 0.4) is 0 Å². The number of hydrogen-bond donors (Lipinski definition) is 0. The van der Waals surface area contributed by atoms with Gasteiger partial charge in [-0.05, 0) is 24.3 Å². The van der Waals surface area contributed by atoms with Crippen LogP contribution in [0.2, 0.25) is 0 Å². The van der Waals surface area contributed by atoms with E-state index in [0.717, 1.165) is 22.3 Å². The Hall–Kier alpha value is -3.02. The maximum Gasteiger partial charge on any atom is 0.270 e. The first-order valence-corrected chi connectivity index (χ1v) is 6.38. The molecule has 0 aliphatic carbocycles. The van der Waals surface area contributed by atoms with Gasteiger partial charge in [-0.2, -0.15) is 0 Å². The van der Waals surface area contributed by atoms with E-state index in [9.17, 15) is 10.1 Å². The number of rotatable bonds is 1. The van der Waals surface area contributed by atoms with E-state index < -0.39 is 4.92 Å². The van der Waals surface area contributed by atoms with Crippen LogP contribution < -0.4 is 4.74 Å². The molecule has 0 saturated carbocycles. The SMILES string of the molecule is O=[N+]([O-])c1ccc2c(c1)-c1nc3cccnc3cc1CO2. The fourth-order valence-electron chi connectivity index (χ4n) is 2.48. The van der Waals surface area contributed by atoms with Crippen LogP contribution in [0.5, 0.6) is 5.75 Å². The predicted octanol–water partition coefficient (Wildman–Crippen LogP) is 3.10. The average Bonchev–Trinajstić information content (AvgIpc) is 2.52. The molecule has 0 atom stereocenters. The first kappa shape index (κ1) is 11.8. The van der Waals surface area contributed by atoms with E-state index in [1.807, 2.05) is 18.2 Å². The van der Waals surface area contributed by atoms with Crippen molar-refractivity contribution in [2.45, 2.75) is 6.61 Å². The highest BCUT2D eigenvalue weighted by atomic mass is 16.6. The molecule has 21 heavy (non-hydrogen) atoms. The van der Waals surface area contributed by atoms with Crippen LogP contribution in [0.4, 0.5) is 5.69 Å². The summed E-state index contributed by atoms with van der Waals surface area (Å²) < 4.78 is 5.64. The van der Waals surface area contributed by atoms with Crippen LogP contribution >= 0.6 is 0 Å². The van der Waals surface area contributed by atoms with Crippen LogP contribution in [0, 0.1) is 10.1 Å². The molecule has 4 rings (SSSR count). The molecule has 0 fully saturated rings. The van der Waals surface area contributed by atoms with Crippen molar-refractivity contribution in [3.05, 3.63) is 58.3 Å². The molecule has 2 aromatic heterocycles. The highest BCUT2D eigenvalue weighted by molar-refractivity contribution is 5.83. The van der Waals surface area contributed by atoms with Crippen molar-refractivity contribution in [1.82, 2.24) is 9.97 Å². The summed E-state index contributed by atoms with van der Waals surface area (Å²) in [5.41, 5.74) is 3.83. The van der Waals surface area contributed by atoms with Gasteiger partial charge in [0.2, 0.25) is 0 Å². The fraction of sp³-hybridized carbons (Fsp3) is 0.0667. The van der Waals surface area contributed by atoms with Gasteiger partial charge in [0.15, 0.2) is 0 Å². The molecule has 6 heteroatoms. The lowest BCUT2D eigenvalue weighted by Gasteiger charge is -2.20. The number of nitrogens with zero attached hydrogens (tertiary/aromatic N) is 3. The van der Waals surface area contributed by atoms with E-state index in [1.165, 1.54) is 12.1 Å². The summed E-state index contributed by atoms with van der Waals surface area (Å²) in [5, 5.41) is 10.9. The van der Waals surface area contributed by atoms with E-state index in [0.29, 0.717) is 17.9 Å². The Balaban J connectivity index is 2.00. The lowest BCUT2D eigenvalue weighted by Crippen LogP contribution is -2.08. The number of aromatic nitrogens is 2. The minimum Gasteiger partial charge on any atom is -0.488 e. The van der Waals surface area contributed by atoms with Gasteiger partial charge in [-0.25, -0.2) is 4.98 Å². The van der Waals surface area contributed by atoms with Gasteiger partial charge in [-0.15, -0.1) is 0 Å². The van der Waals surface area contributed by atoms with Crippen LogP contribution in [-0.4, -0.2) is 14.9 Å². The van der Waals surface area contributed by atoms with Gasteiger partial charge in [0.25, 0.3) is 5.69 Å². The maximum absolute atomic E-state index is 10.9. The van der Waals surface area contributed by atoms with E-state index >= 15 is 0 Å². The van der Waals surface area contributed by atoms with Crippen LogP contribution in [0.1, 0.15) is 5.56 Å². The highest BCUT2D eigenvalue weighted by Crippen LogP contribution is 2.39. The largest absolute Gasteiger partial charge is 0.488 e. The number of ether oxygens (including phenoxy) is 1. The number of hydrogen-bond acceptors (Lipinski definition) is 5. The molecule has 0 amide bonds. The zero-order chi connectivity index (χ0) is 14.4. The lowest BCUT2D eigenvalue weighted by molar-refractivity contribution is -0.384. The molecule has 1 aliphatic heterocycles. The smallest absolute Gasteiger partial charge is 0.270 e. The summed E-state index contributed by atoms with van der Waals surface area (Å²) in [4.78, 5) is 19.4. The minimum atomic E-state index is -0.419. The van der Waals surface area contributed by atoms with Crippen LogP contribution in [0.25, 0.3) is 22.3 Å². The Morgan fingerprint density at radius 1 is 1.19 bits per heavy atom. The second kappa shape index (κ2) is 4.24. The molecule has 0 bridgehead atoms. The molecule has 1 aliphatic rings. The van der Waals surface area contributed by atoms with Crippen LogP contribution in [0.15, 0.2) is 42.6 Å². The number of pyridine rings is 2. The zero-order valence-corrected chi connectivity index (χ0v) is 10.8. The Morgan fingerprint density at radius 2 is 2.10 bits per heavy atom. The first-order chi connectivity index (χ1) is 10.2. The predicted molar refractivity (Wildman–Crippen MR) is 76.0 cm³/mol. The van der Waals surface area contributed by atoms with Crippen molar-refractivity contribution in [2.24, 2.45) is 0 Å². The van der Waals surface area contributed by atoms with Gasteiger partial charge >= 0.3 is 0 Å². The van der Waals surface area contributed by atoms with E-state index in [2.05, 4.69) is 9.97 Å². The molecular weight excluding hydrogens is 270 g/mol. The van der Waals surface area contributed by atoms with Gasteiger partial charge in [0.1, 0.15) is 12.4 Å². The summed E-state index contributed by atoms with van der Waals surface area (Å²) >= 11 is 0. The average molecular weight is 279 g/mol. The van der Waals surface area contributed by atoms with E-state index in [1.54, 1.807) is 12.3 Å². The fourth-order valence-corrected chi connectivity index (χ4v) is 2.48. The third-order valence-electron chi connectivity index (χ3n) is 3.48. The third-order valence-corrected chi connectivity index (χ3v) is 3.48. The van der Waals surface area contributed by atoms with Gasteiger partial charge in [0, 0.05) is 29.5 Å². The zero-order valence-electron chi connectivity index (χ0n) is 10.8. The highest BCUT2D eigenvalue weighted by Gasteiger charge is 2.22. The number of fused-ring (bicyclic) bond motifs is 4. The summed E-state index contributed by atoms with van der Waals surface area (Å²) in [5.74, 6) is 0.615. The molecule has 0 spiro atoms. The van der Waals surface area contributed by atoms with Crippen molar-refractivity contribution < 1.29 is 9.66 Å². The Bertz CT molecular complexity index is 892. The molecular formula is C15H9N3O3. The summed E-state index contributed by atoms with van der Waals surface area (Å²) in [6.07, 6.45) is 1.71. The number of nitro benzene ring substituents is 1. The van der Waals surface area contributed by atoms with Crippen molar-refractivity contribution in [3.63, 3.8) is 0 Å². The molecule has 0 unspecified atom stereocenters. The monoisotopic (exact) mass is 279 g/mol. The van der Waals surface area contributed by atoms with Crippen molar-refractivity contribution >= 4 is 16.7 Å². The molecule has 0 radical (unpaired) electrons. The topological polar surface area (TPSA) is 78.2 Å². The molecule has 6 nitrogen and oxygen atoms in total. The number of non-ortho nitro benzene ring substituents is 1. The van der Waals surface area contributed by atoms with Crippen molar-refractivity contribution in [2.75, 3.05) is 0 Å². The second-order valence-electron chi connectivity index (χ2n) is 4.76. The van der Waals surface area contributed by atoms with Gasteiger partial charge in [-0.3, -0.25) is 15.1 Å². The second-order valence-corrected chi connectivity index (χ2v) is 4.76. The summed E-state index contributed by atoms with van der Waals surface area (Å²) in [7, 11) is 0. The molecule has 1 aromatic carbocycles. The van der Waals surface area contributed by atoms with E-state index in [-0.39, 0.29) is 5.69 Å². The van der Waals surface area contributed by atoms with Gasteiger partial charge < -0.3 is 4.74 Å². The minimum absolute atomic E-state index is 0.0262. The number of benzene rings is 1. The van der Waals surface area contributed by atoms with Gasteiger partial charge in [0.05, 0.1) is 21.7 Å². The van der Waals surface area contributed by atoms with Crippen LogP contribution in [-0.2, 0) is 6.61 Å². The molecule has 3 heterocycles. The van der Waals surface area contributed by atoms with E-state index in [4.69, 9.17) is 4.74 Å². The molecule has 3 aromatic rings. The molecule has 102 valence electrons. The Kier molecular flexibility index (Phi) is 2.38. The van der Waals surface area contributed by atoms with Crippen molar-refractivity contribution in [1.29, 1.82) is 0 Å². The Morgan fingerprint density at radius 3 is 2.95 bits per heavy atom. The number of nitro groups is 1. The molecule has 0 saturated heterocycles. The standard InChI is InChI=1S/C15H9N3O3/c19-18(20)10-3-4-14-11(7-10)15-9(8-21-14)6-13-12(17-15)2-1-5-16-13/h1-7H,8H2. The lowest BCUT2D eigenvalue weighted by atomic mass is 10.0. The van der Waals surface area contributed by atoms with Crippen molar-refractivity contribution in [3.8, 4) is 17.0 Å². The quantitative estimate of drug-likeness (QED) is 0.505.